The van der Waals surface area contributed by atoms with Crippen molar-refractivity contribution < 1.29 is 23.7 Å². The van der Waals surface area contributed by atoms with Gasteiger partial charge in [-0.3, -0.25) is 10.1 Å². The molecule has 0 aliphatic carbocycles. The van der Waals surface area contributed by atoms with Crippen LogP contribution in [0.25, 0.3) is 0 Å². The molecule has 2 aromatic carbocycles. The second-order valence-corrected chi connectivity index (χ2v) is 5.81. The van der Waals surface area contributed by atoms with Gasteiger partial charge in [0.05, 0.1) is 6.61 Å². The zero-order valence-corrected chi connectivity index (χ0v) is 13.4. The molecule has 1 unspecified atom stereocenters. The molecule has 1 heterocycles. The number of hydrogen-bond acceptors (Lipinski definition) is 5. The number of benzene rings is 2. The maximum Gasteiger partial charge on any atom is 0.496 e. The first-order valence-corrected chi connectivity index (χ1v) is 8.00. The van der Waals surface area contributed by atoms with E-state index in [9.17, 15) is 19.5 Å². The lowest BCUT2D eigenvalue weighted by Crippen LogP contribution is -2.31. The highest BCUT2D eigenvalue weighted by Crippen LogP contribution is 2.29. The Morgan fingerprint density at radius 2 is 2.04 bits per heavy atom. The molecule has 0 amide bonds. The predicted octanol–water partition coefficient (Wildman–Crippen LogP) is 1.87. The summed E-state index contributed by atoms with van der Waals surface area (Å²) in [7, 11) is -1.43. The Morgan fingerprint density at radius 1 is 1.28 bits per heavy atom. The van der Waals surface area contributed by atoms with Crippen molar-refractivity contribution in [3.05, 3.63) is 69.5 Å². The van der Waals surface area contributed by atoms with E-state index < -0.39 is 30.5 Å². The van der Waals surface area contributed by atoms with Crippen molar-refractivity contribution >= 4 is 12.6 Å². The smallest absolute Gasteiger partial charge is 0.491 e. The molecule has 0 radical (unpaired) electrons. The zero-order valence-electron chi connectivity index (χ0n) is 13.4. The first-order chi connectivity index (χ1) is 12.1. The summed E-state index contributed by atoms with van der Waals surface area (Å²) in [5.41, 5.74) is 1.69. The standard InChI is InChI=1S/C17H17BFNO5/c19-14-9-8-13-15(11-20(22)23)25-18(21)16(13)17(14)24-10-4-7-12-5-2-1-3-6-12/h1-3,5-6,8-9,15,21H,4,7,10-11H2. The number of aryl methyl sites for hydroxylation is 1. The Morgan fingerprint density at radius 3 is 2.76 bits per heavy atom. The second-order valence-electron chi connectivity index (χ2n) is 5.81. The lowest BCUT2D eigenvalue weighted by Gasteiger charge is -2.12. The van der Waals surface area contributed by atoms with Crippen LogP contribution in [0.1, 0.15) is 23.7 Å². The van der Waals surface area contributed by atoms with Gasteiger partial charge in [-0.1, -0.05) is 36.4 Å². The fourth-order valence-corrected chi connectivity index (χ4v) is 2.94. The van der Waals surface area contributed by atoms with Gasteiger partial charge in [-0.25, -0.2) is 4.39 Å². The molecular weight excluding hydrogens is 328 g/mol. The Balaban J connectivity index is 1.69. The molecule has 1 aliphatic heterocycles. The highest BCUT2D eigenvalue weighted by molar-refractivity contribution is 6.62. The molecular formula is C17H17BFNO5. The summed E-state index contributed by atoms with van der Waals surface area (Å²) < 4.78 is 24.9. The first kappa shape index (κ1) is 17.4. The van der Waals surface area contributed by atoms with Gasteiger partial charge in [0.2, 0.25) is 6.54 Å². The fraction of sp³-hybridized carbons (Fsp3) is 0.294. The molecule has 2 aromatic rings. The SMILES string of the molecule is O=[N+]([O-])CC1OB(O)c2c1ccc(F)c2OCCCc1ccccc1. The van der Waals surface area contributed by atoms with E-state index in [0.29, 0.717) is 12.0 Å². The van der Waals surface area contributed by atoms with Crippen LogP contribution in [0.3, 0.4) is 0 Å². The third-order valence-electron chi connectivity index (χ3n) is 4.08. The zero-order chi connectivity index (χ0) is 17.8. The monoisotopic (exact) mass is 345 g/mol. The van der Waals surface area contributed by atoms with Crippen LogP contribution in [0.5, 0.6) is 5.75 Å². The third-order valence-corrected chi connectivity index (χ3v) is 4.08. The van der Waals surface area contributed by atoms with E-state index in [-0.39, 0.29) is 17.8 Å². The van der Waals surface area contributed by atoms with Gasteiger partial charge in [0.25, 0.3) is 0 Å². The van der Waals surface area contributed by atoms with E-state index in [0.717, 1.165) is 12.0 Å². The molecule has 0 saturated heterocycles. The van der Waals surface area contributed by atoms with Crippen LogP contribution in [0, 0.1) is 15.9 Å². The van der Waals surface area contributed by atoms with Crippen LogP contribution < -0.4 is 10.2 Å². The fourth-order valence-electron chi connectivity index (χ4n) is 2.94. The van der Waals surface area contributed by atoms with Gasteiger partial charge in [0, 0.05) is 10.4 Å². The summed E-state index contributed by atoms with van der Waals surface area (Å²) in [6, 6.07) is 12.4. The summed E-state index contributed by atoms with van der Waals surface area (Å²) in [6.45, 7) is -0.238. The summed E-state index contributed by atoms with van der Waals surface area (Å²) in [6.07, 6.45) is 0.537. The number of halogens is 1. The number of ether oxygens (including phenoxy) is 1. The number of nitrogens with zero attached hydrogens (tertiary/aromatic N) is 1. The van der Waals surface area contributed by atoms with Gasteiger partial charge in [0.1, 0.15) is 6.10 Å². The minimum absolute atomic E-state index is 0.0936. The predicted molar refractivity (Wildman–Crippen MR) is 90.0 cm³/mol. The Hall–Kier alpha value is -2.45. The lowest BCUT2D eigenvalue weighted by atomic mass is 9.78. The molecule has 3 rings (SSSR count). The average molecular weight is 345 g/mol. The van der Waals surface area contributed by atoms with Gasteiger partial charge in [-0.15, -0.1) is 0 Å². The summed E-state index contributed by atoms with van der Waals surface area (Å²) >= 11 is 0. The Kier molecular flexibility index (Phi) is 5.30. The number of rotatable bonds is 7. The van der Waals surface area contributed by atoms with Crippen LogP contribution >= 0.6 is 0 Å². The topological polar surface area (TPSA) is 81.8 Å². The quantitative estimate of drug-likeness (QED) is 0.359. The van der Waals surface area contributed by atoms with E-state index >= 15 is 0 Å². The van der Waals surface area contributed by atoms with E-state index in [1.165, 1.54) is 12.1 Å². The minimum Gasteiger partial charge on any atom is -0.491 e. The lowest BCUT2D eigenvalue weighted by molar-refractivity contribution is -0.490. The number of nitro groups is 1. The van der Waals surface area contributed by atoms with Crippen molar-refractivity contribution in [2.75, 3.05) is 13.2 Å². The molecule has 0 fully saturated rings. The molecule has 0 spiro atoms. The minimum atomic E-state index is -1.43. The molecule has 8 heteroatoms. The summed E-state index contributed by atoms with van der Waals surface area (Å²) in [5.74, 6) is -0.716. The Bertz CT molecular complexity index is 758. The maximum atomic E-state index is 14.1. The van der Waals surface area contributed by atoms with Gasteiger partial charge in [-0.05, 0) is 30.0 Å². The van der Waals surface area contributed by atoms with E-state index in [2.05, 4.69) is 0 Å². The van der Waals surface area contributed by atoms with Crippen LogP contribution in [0.4, 0.5) is 4.39 Å². The molecule has 0 saturated carbocycles. The normalized spacial score (nSPS) is 15.9. The van der Waals surface area contributed by atoms with Crippen molar-refractivity contribution in [3.8, 4) is 5.75 Å². The molecule has 25 heavy (non-hydrogen) atoms. The van der Waals surface area contributed by atoms with Crippen molar-refractivity contribution in [3.63, 3.8) is 0 Å². The van der Waals surface area contributed by atoms with Crippen molar-refractivity contribution in [1.29, 1.82) is 0 Å². The van der Waals surface area contributed by atoms with Gasteiger partial charge >= 0.3 is 7.12 Å². The highest BCUT2D eigenvalue weighted by atomic mass is 19.1. The second kappa shape index (κ2) is 7.63. The van der Waals surface area contributed by atoms with E-state index in [4.69, 9.17) is 9.39 Å². The molecule has 1 atom stereocenters. The highest BCUT2D eigenvalue weighted by Gasteiger charge is 2.41. The van der Waals surface area contributed by atoms with Crippen LogP contribution in [-0.4, -0.2) is 30.2 Å². The van der Waals surface area contributed by atoms with Crippen molar-refractivity contribution in [1.82, 2.24) is 0 Å². The van der Waals surface area contributed by atoms with Gasteiger partial charge < -0.3 is 14.4 Å². The molecule has 0 bridgehead atoms. The third kappa shape index (κ3) is 3.97. The Labute approximate surface area is 144 Å². The van der Waals surface area contributed by atoms with Gasteiger partial charge in [-0.2, -0.15) is 0 Å². The van der Waals surface area contributed by atoms with Crippen molar-refractivity contribution in [2.45, 2.75) is 18.9 Å². The largest absolute Gasteiger partial charge is 0.496 e. The van der Waals surface area contributed by atoms with Crippen LogP contribution in [0.2, 0.25) is 0 Å². The van der Waals surface area contributed by atoms with Crippen LogP contribution in [0.15, 0.2) is 42.5 Å². The molecule has 0 aromatic heterocycles. The van der Waals surface area contributed by atoms with E-state index in [1.807, 2.05) is 30.3 Å². The van der Waals surface area contributed by atoms with Crippen molar-refractivity contribution in [2.24, 2.45) is 0 Å². The number of fused-ring (bicyclic) bond motifs is 1. The average Bonchev–Trinajstić information content (AvgIpc) is 2.89. The molecule has 6 nitrogen and oxygen atoms in total. The first-order valence-electron chi connectivity index (χ1n) is 8.00. The van der Waals surface area contributed by atoms with Gasteiger partial charge in [0.15, 0.2) is 11.6 Å². The van der Waals surface area contributed by atoms with Crippen LogP contribution in [-0.2, 0) is 11.1 Å². The summed E-state index contributed by atoms with van der Waals surface area (Å²) in [4.78, 5) is 10.2. The van der Waals surface area contributed by atoms with E-state index in [1.54, 1.807) is 0 Å². The molecule has 1 N–H and O–H groups in total. The maximum absolute atomic E-state index is 14.1. The molecule has 130 valence electrons. The molecule has 1 aliphatic rings. The summed E-state index contributed by atoms with van der Waals surface area (Å²) in [5, 5.41) is 20.7. The number of hydrogen-bond donors (Lipinski definition) is 1.